The Morgan fingerprint density at radius 2 is 2.06 bits per heavy atom. The molecule has 3 aromatic rings. The molecule has 3 atom stereocenters. The van der Waals surface area contributed by atoms with Gasteiger partial charge >= 0.3 is 0 Å². The van der Waals surface area contributed by atoms with Crippen LogP contribution in [0.5, 0.6) is 11.5 Å². The van der Waals surface area contributed by atoms with Crippen molar-refractivity contribution in [2.45, 2.75) is 19.4 Å². The summed E-state index contributed by atoms with van der Waals surface area (Å²) in [5.74, 6) is 1.16. The van der Waals surface area contributed by atoms with Gasteiger partial charge in [0.25, 0.3) is 0 Å². The second-order valence-corrected chi connectivity index (χ2v) is 8.60. The molecule has 0 radical (unpaired) electrons. The monoisotopic (exact) mass is 423 g/mol. The first-order valence-electron chi connectivity index (χ1n) is 10.6. The number of H-pyrrole nitrogens is 1. The molecule has 4 N–H and O–H groups in total. The van der Waals surface area contributed by atoms with Crippen LogP contribution in [0.2, 0.25) is 0 Å². The van der Waals surface area contributed by atoms with Crippen molar-refractivity contribution in [1.29, 1.82) is 0 Å². The van der Waals surface area contributed by atoms with Gasteiger partial charge in [0.2, 0.25) is 5.91 Å². The first-order valence-corrected chi connectivity index (χ1v) is 10.6. The van der Waals surface area contributed by atoms with Crippen molar-refractivity contribution < 1.29 is 13.9 Å². The lowest BCUT2D eigenvalue weighted by Gasteiger charge is -2.22. The van der Waals surface area contributed by atoms with Gasteiger partial charge in [-0.25, -0.2) is 9.37 Å². The van der Waals surface area contributed by atoms with Crippen LogP contribution in [0.1, 0.15) is 11.1 Å². The highest BCUT2D eigenvalue weighted by molar-refractivity contribution is 5.86. The van der Waals surface area contributed by atoms with Gasteiger partial charge < -0.3 is 25.7 Å². The molecule has 2 aliphatic heterocycles. The van der Waals surface area contributed by atoms with Gasteiger partial charge in [-0.3, -0.25) is 4.79 Å². The van der Waals surface area contributed by atoms with E-state index in [2.05, 4.69) is 15.3 Å². The van der Waals surface area contributed by atoms with E-state index >= 15 is 0 Å². The number of aromatic amines is 1. The van der Waals surface area contributed by atoms with Gasteiger partial charge in [0.1, 0.15) is 11.4 Å². The van der Waals surface area contributed by atoms with Crippen molar-refractivity contribution in [2.75, 3.05) is 26.2 Å². The first kappa shape index (κ1) is 20.0. The molecule has 0 bridgehead atoms. The molecular weight excluding hydrogens is 397 g/mol. The molecule has 1 amide bonds. The number of halogens is 1. The van der Waals surface area contributed by atoms with Crippen molar-refractivity contribution >= 4 is 16.9 Å². The standard InChI is InChI=1S/C23H26FN5O2/c1-13-8-28-22-21(13)20(4-5-27-22)31-19-3-2-14(6-17(19)24)7-18(25)23(30)29-11-15-9-26-10-16(15)12-29/h2-6,8,15-16,18,26H,7,9-12,25H2,1H3,(H,27,28)/t15-,16+,18?. The Hall–Kier alpha value is -2.97. The number of carbonyl (C=O) groups excluding carboxylic acids is 1. The van der Waals surface area contributed by atoms with E-state index in [-0.39, 0.29) is 18.1 Å². The van der Waals surface area contributed by atoms with Crippen LogP contribution in [0, 0.1) is 24.6 Å². The number of hydrogen-bond donors (Lipinski definition) is 3. The molecule has 4 heterocycles. The summed E-state index contributed by atoms with van der Waals surface area (Å²) in [5, 5.41) is 4.19. The van der Waals surface area contributed by atoms with Gasteiger partial charge in [0.15, 0.2) is 11.6 Å². The Morgan fingerprint density at radius 1 is 1.29 bits per heavy atom. The Kier molecular flexibility index (Phi) is 5.11. The van der Waals surface area contributed by atoms with E-state index in [1.165, 1.54) is 6.07 Å². The predicted octanol–water partition coefficient (Wildman–Crippen LogP) is 2.35. The fraction of sp³-hybridized carbons (Fsp3) is 0.391. The topological polar surface area (TPSA) is 96.3 Å². The van der Waals surface area contributed by atoms with Crippen LogP contribution in [0.15, 0.2) is 36.7 Å². The zero-order valence-electron chi connectivity index (χ0n) is 17.4. The number of pyridine rings is 1. The lowest BCUT2D eigenvalue weighted by molar-refractivity contribution is -0.131. The van der Waals surface area contributed by atoms with Crippen LogP contribution in [-0.4, -0.2) is 53.0 Å². The summed E-state index contributed by atoms with van der Waals surface area (Å²) in [6.07, 6.45) is 3.75. The number of aromatic nitrogens is 2. The van der Waals surface area contributed by atoms with Gasteiger partial charge in [-0.05, 0) is 54.5 Å². The van der Waals surface area contributed by atoms with Crippen LogP contribution in [0.25, 0.3) is 11.0 Å². The van der Waals surface area contributed by atoms with E-state index in [0.717, 1.165) is 37.1 Å². The number of rotatable bonds is 5. The number of ether oxygens (including phenoxy) is 1. The lowest BCUT2D eigenvalue weighted by atomic mass is 10.0. The third kappa shape index (κ3) is 3.77. The quantitative estimate of drug-likeness (QED) is 0.586. The van der Waals surface area contributed by atoms with Crippen molar-refractivity contribution in [3.05, 3.63) is 53.6 Å². The van der Waals surface area contributed by atoms with E-state index in [1.807, 2.05) is 18.0 Å². The summed E-state index contributed by atoms with van der Waals surface area (Å²) < 4.78 is 20.6. The Labute approximate surface area is 179 Å². The highest BCUT2D eigenvalue weighted by Crippen LogP contribution is 2.32. The molecule has 2 fully saturated rings. The first-order chi connectivity index (χ1) is 15.0. The Morgan fingerprint density at radius 3 is 2.81 bits per heavy atom. The number of nitrogens with zero attached hydrogens (tertiary/aromatic N) is 2. The van der Waals surface area contributed by atoms with Crippen LogP contribution < -0.4 is 15.8 Å². The molecule has 5 rings (SSSR count). The maximum absolute atomic E-state index is 14.8. The normalized spacial score (nSPS) is 21.5. The smallest absolute Gasteiger partial charge is 0.239 e. The van der Waals surface area contributed by atoms with Gasteiger partial charge in [-0.15, -0.1) is 0 Å². The molecule has 8 heteroatoms. The molecule has 2 aliphatic rings. The van der Waals surface area contributed by atoms with Gasteiger partial charge in [0, 0.05) is 38.6 Å². The number of amides is 1. The predicted molar refractivity (Wildman–Crippen MR) is 115 cm³/mol. The van der Waals surface area contributed by atoms with Crippen LogP contribution in [-0.2, 0) is 11.2 Å². The number of likely N-dealkylation sites (tertiary alicyclic amines) is 1. The van der Waals surface area contributed by atoms with Gasteiger partial charge in [-0.1, -0.05) is 6.07 Å². The zero-order chi connectivity index (χ0) is 21.5. The number of fused-ring (bicyclic) bond motifs is 2. The highest BCUT2D eigenvalue weighted by atomic mass is 19.1. The summed E-state index contributed by atoms with van der Waals surface area (Å²) in [6.45, 7) is 5.37. The fourth-order valence-corrected chi connectivity index (χ4v) is 4.75. The SMILES string of the molecule is Cc1c[nH]c2nccc(Oc3ccc(CC(N)C(=O)N4C[C@H]5CNC[C@H]5C4)cc3F)c12. The third-order valence-corrected chi connectivity index (χ3v) is 6.42. The molecule has 1 aromatic carbocycles. The number of carbonyl (C=O) groups is 1. The summed E-state index contributed by atoms with van der Waals surface area (Å²) in [5.41, 5.74) is 8.52. The minimum Gasteiger partial charge on any atom is -0.453 e. The largest absolute Gasteiger partial charge is 0.453 e. The van der Waals surface area contributed by atoms with Crippen LogP contribution in [0.4, 0.5) is 4.39 Å². The number of nitrogens with one attached hydrogen (secondary N) is 2. The van der Waals surface area contributed by atoms with Crippen molar-refractivity contribution in [3.8, 4) is 11.5 Å². The number of nitrogens with two attached hydrogens (primary N) is 1. The number of hydrogen-bond acceptors (Lipinski definition) is 5. The molecule has 2 saturated heterocycles. The average molecular weight is 423 g/mol. The highest BCUT2D eigenvalue weighted by Gasteiger charge is 2.39. The molecule has 162 valence electrons. The van der Waals surface area contributed by atoms with E-state index in [1.54, 1.807) is 24.4 Å². The Bertz CT molecular complexity index is 1120. The van der Waals surface area contributed by atoms with Crippen LogP contribution >= 0.6 is 0 Å². The van der Waals surface area contributed by atoms with Gasteiger partial charge in [0.05, 0.1) is 11.4 Å². The summed E-state index contributed by atoms with van der Waals surface area (Å²) >= 11 is 0. The summed E-state index contributed by atoms with van der Waals surface area (Å²) in [7, 11) is 0. The molecule has 0 saturated carbocycles. The van der Waals surface area contributed by atoms with E-state index in [4.69, 9.17) is 10.5 Å². The van der Waals surface area contributed by atoms with Crippen molar-refractivity contribution in [3.63, 3.8) is 0 Å². The molecular formula is C23H26FN5O2. The minimum atomic E-state index is -0.680. The maximum atomic E-state index is 14.8. The summed E-state index contributed by atoms with van der Waals surface area (Å²) in [6, 6.07) is 5.78. The maximum Gasteiger partial charge on any atom is 0.239 e. The van der Waals surface area contributed by atoms with Gasteiger partial charge in [-0.2, -0.15) is 0 Å². The zero-order valence-corrected chi connectivity index (χ0v) is 17.4. The second-order valence-electron chi connectivity index (χ2n) is 8.60. The van der Waals surface area contributed by atoms with Crippen LogP contribution in [0.3, 0.4) is 0 Å². The average Bonchev–Trinajstić information content (AvgIpc) is 3.45. The molecule has 31 heavy (non-hydrogen) atoms. The number of benzene rings is 1. The summed E-state index contributed by atoms with van der Waals surface area (Å²) in [4.78, 5) is 21.9. The van der Waals surface area contributed by atoms with E-state index in [9.17, 15) is 9.18 Å². The molecule has 0 aliphatic carbocycles. The van der Waals surface area contributed by atoms with Crippen molar-refractivity contribution in [2.24, 2.45) is 17.6 Å². The molecule has 0 spiro atoms. The van der Waals surface area contributed by atoms with E-state index < -0.39 is 11.9 Å². The second kappa shape index (κ2) is 7.94. The molecule has 2 aromatic heterocycles. The molecule has 1 unspecified atom stereocenters. The Balaban J connectivity index is 1.27. The molecule has 7 nitrogen and oxygen atoms in total. The lowest BCUT2D eigenvalue weighted by Crippen LogP contribution is -2.44. The minimum absolute atomic E-state index is 0.0581. The third-order valence-electron chi connectivity index (χ3n) is 6.42. The fourth-order valence-electron chi connectivity index (χ4n) is 4.75. The van der Waals surface area contributed by atoms with Crippen molar-refractivity contribution in [1.82, 2.24) is 20.2 Å². The van der Waals surface area contributed by atoms with E-state index in [0.29, 0.717) is 28.8 Å². The number of aryl methyl sites for hydroxylation is 1.